The molecular weight excluding hydrogens is 484 g/mol. The number of rotatable bonds is 7. The predicted molar refractivity (Wildman–Crippen MR) is 133 cm³/mol. The molecular formula is C25H19ClN6O4. The van der Waals surface area contributed by atoms with Gasteiger partial charge in [0.25, 0.3) is 5.91 Å². The van der Waals surface area contributed by atoms with Gasteiger partial charge in [-0.25, -0.2) is 4.98 Å². The third-order valence-electron chi connectivity index (χ3n) is 5.09. The van der Waals surface area contributed by atoms with Crippen LogP contribution < -0.4 is 16.4 Å². The molecule has 1 amide bonds. The zero-order valence-electron chi connectivity index (χ0n) is 18.8. The first-order valence-electron chi connectivity index (χ1n) is 10.5. The van der Waals surface area contributed by atoms with Crippen LogP contribution in [0.3, 0.4) is 0 Å². The van der Waals surface area contributed by atoms with Crippen LogP contribution in [0, 0.1) is 11.3 Å². The number of aromatic hydroxyl groups is 1. The number of anilines is 2. The largest absolute Gasteiger partial charge is 0.507 e. The first-order valence-corrected chi connectivity index (χ1v) is 10.9. The second-order valence-electron chi connectivity index (χ2n) is 7.99. The van der Waals surface area contributed by atoms with E-state index in [0.29, 0.717) is 33.7 Å². The number of carbonyl (C=O) groups is 2. The van der Waals surface area contributed by atoms with Crippen LogP contribution in [0.4, 0.5) is 11.5 Å². The number of carbonyl (C=O) groups excluding carboxylic acids is 2. The summed E-state index contributed by atoms with van der Waals surface area (Å²) >= 11 is 5.98. The van der Waals surface area contributed by atoms with Gasteiger partial charge in [0.2, 0.25) is 5.76 Å². The maximum absolute atomic E-state index is 12.7. The molecule has 0 aliphatic rings. The molecule has 36 heavy (non-hydrogen) atoms. The Morgan fingerprint density at radius 2 is 2.03 bits per heavy atom. The molecule has 0 aliphatic carbocycles. The fraction of sp³-hybridized carbons (Fsp3) is 0.0800. The second-order valence-corrected chi connectivity index (χ2v) is 8.43. The highest BCUT2D eigenvalue weighted by molar-refractivity contribution is 6.30. The average Bonchev–Trinajstić information content (AvgIpc) is 3.39. The zero-order valence-corrected chi connectivity index (χ0v) is 19.6. The minimum absolute atomic E-state index is 0.0584. The number of benzene rings is 2. The number of nitrogens with two attached hydrogens (primary N) is 1. The van der Waals surface area contributed by atoms with E-state index < -0.39 is 11.6 Å². The Labute approximate surface area is 210 Å². The van der Waals surface area contributed by atoms with Crippen molar-refractivity contribution in [3.63, 3.8) is 0 Å². The van der Waals surface area contributed by atoms with Crippen molar-refractivity contribution in [2.24, 2.45) is 5.73 Å². The van der Waals surface area contributed by atoms with Crippen molar-refractivity contribution >= 4 is 35.3 Å². The van der Waals surface area contributed by atoms with Crippen molar-refractivity contribution in [1.82, 2.24) is 10.1 Å². The Bertz CT molecular complexity index is 1500. The van der Waals surface area contributed by atoms with Crippen LogP contribution >= 0.6 is 11.6 Å². The van der Waals surface area contributed by atoms with Crippen molar-refractivity contribution in [3.8, 4) is 34.2 Å². The fourth-order valence-corrected chi connectivity index (χ4v) is 3.61. The van der Waals surface area contributed by atoms with Crippen LogP contribution in [0.15, 0.2) is 65.3 Å². The average molecular weight is 503 g/mol. The van der Waals surface area contributed by atoms with Crippen LogP contribution in [-0.2, 0) is 4.79 Å². The van der Waals surface area contributed by atoms with Crippen molar-refractivity contribution in [1.29, 1.82) is 5.26 Å². The number of hydrogen-bond donors (Lipinski definition) is 4. The number of phenols is 1. The summed E-state index contributed by atoms with van der Waals surface area (Å²) in [6.07, 6.45) is 1.88. The normalized spacial score (nSPS) is 12.3. The summed E-state index contributed by atoms with van der Waals surface area (Å²) in [6.45, 7) is 1.51. The van der Waals surface area contributed by atoms with Crippen molar-refractivity contribution in [2.45, 2.75) is 12.6 Å². The Morgan fingerprint density at radius 1 is 1.22 bits per heavy atom. The van der Waals surface area contributed by atoms with Gasteiger partial charge in [-0.2, -0.15) is 5.26 Å². The molecule has 0 unspecified atom stereocenters. The minimum Gasteiger partial charge on any atom is -0.507 e. The predicted octanol–water partition coefficient (Wildman–Crippen LogP) is 4.17. The Morgan fingerprint density at radius 3 is 2.69 bits per heavy atom. The third kappa shape index (κ3) is 5.17. The summed E-state index contributed by atoms with van der Waals surface area (Å²) in [4.78, 5) is 28.4. The SMILES string of the molecule is C[C@@](N)(C=O)Nc1cccc(-c2cc(-c3ccc(Cl)cc3O)nc(NC(=O)c3ccno3)c2C#N)c1. The van der Waals surface area contributed by atoms with Crippen molar-refractivity contribution in [2.75, 3.05) is 10.6 Å². The lowest BCUT2D eigenvalue weighted by atomic mass is 9.97. The number of pyridine rings is 1. The van der Waals surface area contributed by atoms with Gasteiger partial charge >= 0.3 is 0 Å². The number of amides is 1. The van der Waals surface area contributed by atoms with Gasteiger partial charge in [0.1, 0.15) is 23.0 Å². The lowest BCUT2D eigenvalue weighted by Crippen LogP contribution is -2.46. The van der Waals surface area contributed by atoms with Gasteiger partial charge in [-0.05, 0) is 48.9 Å². The van der Waals surface area contributed by atoms with Crippen LogP contribution in [-0.4, -0.2) is 33.1 Å². The molecule has 4 aromatic rings. The number of nitrogens with one attached hydrogen (secondary N) is 2. The highest BCUT2D eigenvalue weighted by atomic mass is 35.5. The summed E-state index contributed by atoms with van der Waals surface area (Å²) in [5, 5.41) is 29.8. The summed E-state index contributed by atoms with van der Waals surface area (Å²) in [7, 11) is 0. The summed E-state index contributed by atoms with van der Waals surface area (Å²) in [6, 6.07) is 16.4. The van der Waals surface area contributed by atoms with Gasteiger partial charge < -0.3 is 26.0 Å². The lowest BCUT2D eigenvalue weighted by molar-refractivity contribution is -0.110. The van der Waals surface area contributed by atoms with E-state index in [-0.39, 0.29) is 28.6 Å². The van der Waals surface area contributed by atoms with E-state index in [9.17, 15) is 20.0 Å². The molecule has 11 heteroatoms. The molecule has 5 N–H and O–H groups in total. The van der Waals surface area contributed by atoms with Gasteiger partial charge in [0.05, 0.1) is 11.9 Å². The zero-order chi connectivity index (χ0) is 25.9. The number of halogens is 1. The van der Waals surface area contributed by atoms with Crippen LogP contribution in [0.25, 0.3) is 22.4 Å². The van der Waals surface area contributed by atoms with Crippen molar-refractivity contribution in [3.05, 3.63) is 77.1 Å². The fourth-order valence-electron chi connectivity index (χ4n) is 3.44. The molecule has 2 heterocycles. The number of phenolic OH excluding ortho intramolecular Hbond substituents is 1. The van der Waals surface area contributed by atoms with Gasteiger partial charge in [-0.15, -0.1) is 0 Å². The maximum Gasteiger partial charge on any atom is 0.295 e. The molecule has 10 nitrogen and oxygen atoms in total. The van der Waals surface area contributed by atoms with E-state index >= 15 is 0 Å². The van der Waals surface area contributed by atoms with E-state index in [1.165, 1.54) is 25.3 Å². The van der Waals surface area contributed by atoms with Gasteiger partial charge in [-0.3, -0.25) is 9.59 Å². The quantitative estimate of drug-likeness (QED) is 0.214. The monoisotopic (exact) mass is 502 g/mol. The molecule has 2 aromatic carbocycles. The van der Waals surface area contributed by atoms with Crippen LogP contribution in [0.5, 0.6) is 5.75 Å². The first-order chi connectivity index (χ1) is 17.2. The molecule has 4 rings (SSSR count). The summed E-state index contributed by atoms with van der Waals surface area (Å²) in [5.41, 5.74) is 6.72. The van der Waals surface area contributed by atoms with Gasteiger partial charge in [-0.1, -0.05) is 28.9 Å². The van der Waals surface area contributed by atoms with Crippen LogP contribution in [0.2, 0.25) is 5.02 Å². The third-order valence-corrected chi connectivity index (χ3v) is 5.33. The molecule has 0 fully saturated rings. The van der Waals surface area contributed by atoms with Gasteiger partial charge in [0.15, 0.2) is 12.1 Å². The summed E-state index contributed by atoms with van der Waals surface area (Å²) < 4.78 is 4.90. The molecule has 0 radical (unpaired) electrons. The first kappa shape index (κ1) is 24.4. The standard InChI is InChI=1S/C25H19ClN6O4/c1-25(28,13-33)32-16-4-2-3-14(9-16)18-11-20(17-6-5-15(26)10-21(17)34)30-23(19(18)12-27)31-24(35)22-7-8-29-36-22/h2-11,13,32,34H,28H2,1H3,(H,30,31,35)/t25-/m0/s1. The van der Waals surface area contributed by atoms with E-state index in [1.807, 2.05) is 0 Å². The Balaban J connectivity index is 1.89. The molecule has 0 bridgehead atoms. The lowest BCUT2D eigenvalue weighted by Gasteiger charge is -2.21. The number of aromatic nitrogens is 2. The molecule has 0 saturated heterocycles. The minimum atomic E-state index is -1.31. The molecule has 180 valence electrons. The number of nitriles is 1. The Hall–Kier alpha value is -4.72. The van der Waals surface area contributed by atoms with Gasteiger partial charge in [0, 0.05) is 27.9 Å². The maximum atomic E-state index is 12.7. The summed E-state index contributed by atoms with van der Waals surface area (Å²) in [5.74, 6) is -0.946. The van der Waals surface area contributed by atoms with E-state index in [1.54, 1.807) is 42.5 Å². The second kappa shape index (κ2) is 9.87. The Kier molecular flexibility index (Phi) is 6.69. The van der Waals surface area contributed by atoms with Crippen molar-refractivity contribution < 1.29 is 19.2 Å². The smallest absolute Gasteiger partial charge is 0.295 e. The topological polar surface area (TPSA) is 167 Å². The van der Waals surface area contributed by atoms with E-state index in [4.69, 9.17) is 21.9 Å². The molecule has 0 aliphatic heterocycles. The molecule has 0 spiro atoms. The van der Waals surface area contributed by atoms with E-state index in [0.717, 1.165) is 0 Å². The number of hydrogen-bond acceptors (Lipinski definition) is 9. The molecule has 1 atom stereocenters. The van der Waals surface area contributed by atoms with Crippen LogP contribution in [0.1, 0.15) is 23.0 Å². The molecule has 2 aromatic heterocycles. The number of aldehydes is 1. The van der Waals surface area contributed by atoms with E-state index in [2.05, 4.69) is 26.8 Å². The molecule has 0 saturated carbocycles. The highest BCUT2D eigenvalue weighted by Gasteiger charge is 2.21. The number of nitrogens with zero attached hydrogens (tertiary/aromatic N) is 3. The highest BCUT2D eigenvalue weighted by Crippen LogP contribution is 2.37.